The number of allylic oxidation sites excluding steroid dienone is 1. The number of cyclic esters (lactones) is 1. The number of ether oxygens (including phenoxy) is 1. The van der Waals surface area contributed by atoms with Crippen molar-refractivity contribution in [2.75, 3.05) is 32.5 Å². The summed E-state index contributed by atoms with van der Waals surface area (Å²) in [5.74, 6) is -8.48. The molecule has 0 aromatic carbocycles. The number of hydrogen-bond donors (Lipinski definition) is 6. The van der Waals surface area contributed by atoms with Crippen LogP contribution in [0.1, 0.15) is 12.1 Å². The first-order valence-electron chi connectivity index (χ1n) is 13.5. The standard InChI is InChI=1S/C24H24N8O14S2/c1-29-8-23(9-29,20(38)39)46-28-16(12-7-47-22(25)27-12)17(35)26-11-6-44-32(18(11)36)24(21(40)41)3-13(19(37)45-24)31-4-10-2-14(33)15(34)5-30(10)48(31,42)43/h2,4-5,7,11,13,33-34H,3,6,8-9H2,1H3,(H2,25,27)(H,26,35)(H,38,39)(H,40,41)/b28-16-/t11-,13?,24?/m0/s1. The Morgan fingerprint density at radius 3 is 2.48 bits per heavy atom. The summed E-state index contributed by atoms with van der Waals surface area (Å²) in [5.41, 5.74) is 0.0822. The molecule has 48 heavy (non-hydrogen) atoms. The molecule has 6 heterocycles. The second-order valence-corrected chi connectivity index (χ2v) is 13.6. The number of likely N-dealkylation sites (tertiary alicyclic amines) is 1. The second kappa shape index (κ2) is 11.1. The number of anilines is 1. The molecule has 2 unspecified atom stereocenters. The lowest BCUT2D eigenvalue weighted by Gasteiger charge is -2.42. The minimum Gasteiger partial charge on any atom is -0.504 e. The zero-order chi connectivity index (χ0) is 34.9. The molecule has 0 aliphatic carbocycles. The molecule has 22 nitrogen and oxygen atoms in total. The molecule has 7 N–H and O–H groups in total. The summed E-state index contributed by atoms with van der Waals surface area (Å²) in [4.78, 5) is 80.3. The van der Waals surface area contributed by atoms with Crippen LogP contribution in [0.2, 0.25) is 0 Å². The van der Waals surface area contributed by atoms with Crippen molar-refractivity contribution in [2.24, 2.45) is 5.16 Å². The van der Waals surface area contributed by atoms with Gasteiger partial charge in [-0.3, -0.25) is 19.3 Å². The first-order chi connectivity index (χ1) is 22.5. The number of likely N-dealkylation sites (N-methyl/N-ethyl adjacent to an activating group) is 1. The summed E-state index contributed by atoms with van der Waals surface area (Å²) in [7, 11) is -3.02. The Labute approximate surface area is 272 Å². The number of nitrogens with one attached hydrogen (secondary N) is 1. The zero-order valence-corrected chi connectivity index (χ0v) is 25.9. The predicted molar refractivity (Wildman–Crippen MR) is 154 cm³/mol. The minimum atomic E-state index is -4.65. The van der Waals surface area contributed by atoms with Crippen LogP contribution in [0.4, 0.5) is 5.13 Å². The number of carboxylic acids is 2. The highest BCUT2D eigenvalue weighted by atomic mass is 32.2. The highest BCUT2D eigenvalue weighted by Crippen LogP contribution is 2.41. The van der Waals surface area contributed by atoms with Crippen molar-refractivity contribution >= 4 is 62.1 Å². The monoisotopic (exact) mass is 712 g/mol. The Balaban J connectivity index is 1.22. The smallest absolute Gasteiger partial charge is 0.372 e. The fourth-order valence-corrected chi connectivity index (χ4v) is 7.43. The summed E-state index contributed by atoms with van der Waals surface area (Å²) in [5, 5.41) is 46.9. The molecule has 0 spiro atoms. The summed E-state index contributed by atoms with van der Waals surface area (Å²) in [6, 6.07) is -3.48. The van der Waals surface area contributed by atoms with Crippen molar-refractivity contribution < 1.29 is 67.2 Å². The maximum Gasteiger partial charge on any atom is 0.372 e. The van der Waals surface area contributed by atoms with E-state index in [1.54, 1.807) is 11.9 Å². The number of carbonyl (C=O) groups excluding carboxylic acids is 3. The van der Waals surface area contributed by atoms with Crippen molar-refractivity contribution in [3.8, 4) is 0 Å². The molecule has 1 aromatic rings. The lowest BCUT2D eigenvalue weighted by atomic mass is 9.95. The fraction of sp³-hybridized carbons (Fsp3) is 0.375. The van der Waals surface area contributed by atoms with Gasteiger partial charge in [0.15, 0.2) is 22.4 Å². The third-order valence-electron chi connectivity index (χ3n) is 7.70. The van der Waals surface area contributed by atoms with E-state index in [-0.39, 0.29) is 34.7 Å². The molecule has 3 saturated heterocycles. The number of aliphatic hydroxyl groups excluding tert-OH is 2. The van der Waals surface area contributed by atoms with Gasteiger partial charge in [0.25, 0.3) is 17.4 Å². The molecule has 3 fully saturated rings. The van der Waals surface area contributed by atoms with Crippen molar-refractivity contribution in [3.05, 3.63) is 46.8 Å². The van der Waals surface area contributed by atoms with Gasteiger partial charge in [0, 0.05) is 17.7 Å². The number of aliphatic hydroxyl groups is 2. The quantitative estimate of drug-likeness (QED) is 0.0851. The fourth-order valence-electron chi connectivity index (χ4n) is 5.36. The molecule has 0 saturated carbocycles. The number of rotatable bonds is 9. The van der Waals surface area contributed by atoms with E-state index in [1.807, 2.05) is 0 Å². The van der Waals surface area contributed by atoms with E-state index < -0.39 is 93.6 Å². The third kappa shape index (κ3) is 5.00. The van der Waals surface area contributed by atoms with Gasteiger partial charge in [-0.25, -0.2) is 28.0 Å². The number of nitrogens with two attached hydrogens (primary N) is 1. The van der Waals surface area contributed by atoms with Crippen LogP contribution < -0.4 is 11.1 Å². The number of aliphatic carboxylic acids is 2. The molecule has 24 heteroatoms. The van der Waals surface area contributed by atoms with Crippen molar-refractivity contribution in [3.63, 3.8) is 0 Å². The van der Waals surface area contributed by atoms with E-state index in [1.165, 1.54) is 5.38 Å². The minimum absolute atomic E-state index is 0.0154. The number of oxime groups is 1. The predicted octanol–water partition coefficient (Wildman–Crippen LogP) is -2.87. The molecule has 3 atom stereocenters. The Morgan fingerprint density at radius 2 is 1.88 bits per heavy atom. The first-order valence-corrected chi connectivity index (χ1v) is 15.8. The van der Waals surface area contributed by atoms with Gasteiger partial charge in [0.05, 0.1) is 31.4 Å². The molecule has 256 valence electrons. The zero-order valence-electron chi connectivity index (χ0n) is 24.2. The average molecular weight is 713 g/mol. The van der Waals surface area contributed by atoms with Crippen LogP contribution in [0.25, 0.3) is 0 Å². The molecule has 0 radical (unpaired) electrons. The summed E-state index contributed by atoms with van der Waals surface area (Å²) < 4.78 is 32.4. The van der Waals surface area contributed by atoms with E-state index in [0.29, 0.717) is 14.8 Å². The number of hydrogen-bond acceptors (Lipinski definition) is 17. The molecule has 0 bridgehead atoms. The van der Waals surface area contributed by atoms with Crippen LogP contribution in [0.15, 0.2) is 46.2 Å². The average Bonchev–Trinajstić information content (AvgIpc) is 3.73. The molecule has 5 aliphatic rings. The molecule has 2 amide bonds. The maximum atomic E-state index is 13.5. The van der Waals surface area contributed by atoms with Gasteiger partial charge in [0.1, 0.15) is 24.4 Å². The summed E-state index contributed by atoms with van der Waals surface area (Å²) in [6.07, 6.45) is 1.45. The summed E-state index contributed by atoms with van der Waals surface area (Å²) >= 11 is 0.918. The normalized spacial score (nSPS) is 27.8. The van der Waals surface area contributed by atoms with E-state index in [0.717, 1.165) is 23.6 Å². The van der Waals surface area contributed by atoms with Crippen LogP contribution in [-0.2, 0) is 48.6 Å². The number of carboxylic acid groups (broad SMARTS) is 2. The maximum absolute atomic E-state index is 13.5. The largest absolute Gasteiger partial charge is 0.504 e. The number of hydroxylamine groups is 2. The van der Waals surface area contributed by atoms with Gasteiger partial charge < -0.3 is 41.1 Å². The van der Waals surface area contributed by atoms with E-state index in [2.05, 4.69) is 15.5 Å². The van der Waals surface area contributed by atoms with Crippen molar-refractivity contribution in [1.82, 2.24) is 28.9 Å². The summed E-state index contributed by atoms with van der Waals surface area (Å²) in [6.45, 7) is -0.812. The highest BCUT2D eigenvalue weighted by molar-refractivity contribution is 7.87. The number of nitrogen functional groups attached to an aromatic ring is 1. The van der Waals surface area contributed by atoms with Crippen LogP contribution in [0.5, 0.6) is 0 Å². The van der Waals surface area contributed by atoms with Gasteiger partial charge in [-0.15, -0.1) is 11.3 Å². The molecule has 5 aliphatic heterocycles. The van der Waals surface area contributed by atoms with Crippen LogP contribution in [-0.4, -0.2) is 138 Å². The first kappa shape index (κ1) is 32.5. The number of nitrogens with zero attached hydrogens (tertiary/aromatic N) is 6. The third-order valence-corrected chi connectivity index (χ3v) is 10.1. The van der Waals surface area contributed by atoms with Gasteiger partial charge in [-0.2, -0.15) is 13.5 Å². The van der Waals surface area contributed by atoms with Crippen molar-refractivity contribution in [2.45, 2.75) is 29.8 Å². The number of carbonyl (C=O) groups is 5. The van der Waals surface area contributed by atoms with Gasteiger partial charge >= 0.3 is 33.8 Å². The van der Waals surface area contributed by atoms with Gasteiger partial charge in [-0.1, -0.05) is 5.16 Å². The Hall–Kier alpha value is -5.46. The van der Waals surface area contributed by atoms with Crippen LogP contribution >= 0.6 is 11.3 Å². The topological polar surface area (TPSA) is 304 Å². The molecule has 6 rings (SSSR count). The molecule has 1 aromatic heterocycles. The van der Waals surface area contributed by atoms with Gasteiger partial charge in [0.2, 0.25) is 0 Å². The second-order valence-electron chi connectivity index (χ2n) is 11.0. The van der Waals surface area contributed by atoms with Crippen molar-refractivity contribution in [1.29, 1.82) is 0 Å². The Bertz CT molecular complexity index is 1880. The Kier molecular flexibility index (Phi) is 7.49. The van der Waals surface area contributed by atoms with E-state index >= 15 is 0 Å². The number of thiazole rings is 1. The van der Waals surface area contributed by atoms with Crippen LogP contribution in [0, 0.1) is 0 Å². The molecular formula is C24H24N8O14S2. The Morgan fingerprint density at radius 1 is 1.17 bits per heavy atom. The molecular weight excluding hydrogens is 688 g/mol. The van der Waals surface area contributed by atoms with E-state index in [4.69, 9.17) is 20.1 Å². The number of fused-ring (bicyclic) bond motifs is 1. The van der Waals surface area contributed by atoms with Gasteiger partial charge in [-0.05, 0) is 7.05 Å². The van der Waals surface area contributed by atoms with Crippen LogP contribution in [0.3, 0.4) is 0 Å². The number of aromatic nitrogens is 1. The highest BCUT2D eigenvalue weighted by Gasteiger charge is 2.65. The SMILES string of the molecule is CN1CC(O/N=C(\C(=O)N[C@H]2CON(C3(C(=O)O)CC(N4C=C5C=C(O)C(O)=CN5S4(=O)=O)C(=O)O3)C2=O)c2csc(N)n2)(C(=O)O)C1. The number of amides is 2. The van der Waals surface area contributed by atoms with E-state index in [9.17, 15) is 52.8 Å². The lowest BCUT2D eigenvalue weighted by Crippen LogP contribution is -2.65. The number of esters is 1. The lowest BCUT2D eigenvalue weighted by molar-refractivity contribution is -0.256.